The Hall–Kier alpha value is -3.34. The molecule has 232 valence electrons. The lowest BCUT2D eigenvalue weighted by atomic mass is 9.93. The SMILES string of the molecule is CCO[Si]CCCOc1ccc2ccc(OCC3CO3)c(Cc3c(OCC4CO4)ccc4ccc(OCCCO)cc34)c2c1. The van der Waals surface area contributed by atoms with Crippen molar-refractivity contribution in [2.45, 2.75) is 44.4 Å². The molecule has 4 aromatic rings. The zero-order valence-electron chi connectivity index (χ0n) is 25.2. The largest absolute Gasteiger partial charge is 0.494 e. The Morgan fingerprint density at radius 3 is 1.75 bits per heavy atom. The van der Waals surface area contributed by atoms with Gasteiger partial charge in [-0.2, -0.15) is 0 Å². The lowest BCUT2D eigenvalue weighted by molar-refractivity contribution is 0.233. The van der Waals surface area contributed by atoms with Crippen molar-refractivity contribution in [1.82, 2.24) is 0 Å². The van der Waals surface area contributed by atoms with E-state index in [0.29, 0.717) is 49.0 Å². The van der Waals surface area contributed by atoms with E-state index in [2.05, 4.69) is 42.5 Å². The lowest BCUT2D eigenvalue weighted by Gasteiger charge is -2.19. The van der Waals surface area contributed by atoms with Crippen molar-refractivity contribution in [3.63, 3.8) is 0 Å². The Labute approximate surface area is 261 Å². The Balaban J connectivity index is 1.36. The normalized spacial score (nSPS) is 17.1. The van der Waals surface area contributed by atoms with Crippen LogP contribution in [0.25, 0.3) is 21.5 Å². The Morgan fingerprint density at radius 1 is 0.727 bits per heavy atom. The van der Waals surface area contributed by atoms with E-state index in [9.17, 15) is 5.11 Å². The molecular weight excluding hydrogens is 576 g/mol. The van der Waals surface area contributed by atoms with Crippen LogP contribution in [0.3, 0.4) is 0 Å². The number of rotatable bonds is 19. The van der Waals surface area contributed by atoms with E-state index < -0.39 is 0 Å². The molecule has 2 aliphatic rings. The molecule has 9 heteroatoms. The van der Waals surface area contributed by atoms with Crippen LogP contribution in [0.1, 0.15) is 30.9 Å². The number of hydrogen-bond acceptors (Lipinski definition) is 8. The quantitative estimate of drug-likeness (QED) is 0.0810. The van der Waals surface area contributed by atoms with Gasteiger partial charge in [-0.25, -0.2) is 0 Å². The van der Waals surface area contributed by atoms with Gasteiger partial charge in [0.15, 0.2) is 0 Å². The molecule has 2 unspecified atom stereocenters. The van der Waals surface area contributed by atoms with Gasteiger partial charge in [0.2, 0.25) is 9.76 Å². The molecule has 2 fully saturated rings. The first-order valence-corrected chi connectivity index (χ1v) is 16.6. The molecule has 0 amide bonds. The average Bonchev–Trinajstić information content (AvgIpc) is 3.98. The summed E-state index contributed by atoms with van der Waals surface area (Å²) in [5, 5.41) is 13.6. The number of ether oxygens (including phenoxy) is 6. The average molecular weight is 617 g/mol. The van der Waals surface area contributed by atoms with Crippen LogP contribution >= 0.6 is 0 Å². The highest BCUT2D eigenvalue weighted by Crippen LogP contribution is 2.39. The van der Waals surface area contributed by atoms with Crippen LogP contribution in [0, 0.1) is 0 Å². The first-order chi connectivity index (χ1) is 21.7. The van der Waals surface area contributed by atoms with E-state index in [1.54, 1.807) is 0 Å². The standard InChI is InChI=1S/C35H40O8Si/c1-2-43-44-16-4-15-38-27-10-6-25-8-12-35(42-23-29-21-40-29)33(31(25)18-27)19-32-30-17-26(37-14-3-13-36)9-5-24(30)7-11-34(32)41-22-28-20-39-28/h5-12,17-18,28-29,36H,2-4,13-16,19-23H2,1H3. The van der Waals surface area contributed by atoms with E-state index in [-0.39, 0.29) is 18.8 Å². The third-order valence-electron chi connectivity index (χ3n) is 7.64. The lowest BCUT2D eigenvalue weighted by Crippen LogP contribution is -2.09. The molecule has 2 atom stereocenters. The fraction of sp³-hybridized carbons (Fsp3) is 0.429. The minimum absolute atomic E-state index is 0.0924. The smallest absolute Gasteiger partial charge is 0.229 e. The van der Waals surface area contributed by atoms with E-state index in [0.717, 1.165) is 88.0 Å². The van der Waals surface area contributed by atoms with Gasteiger partial charge in [0.05, 0.1) is 26.4 Å². The number of aliphatic hydroxyl groups excluding tert-OH is 1. The summed E-state index contributed by atoms with van der Waals surface area (Å²) < 4.78 is 41.3. The first kappa shape index (κ1) is 30.7. The third kappa shape index (κ3) is 8.22. The fourth-order valence-electron chi connectivity index (χ4n) is 5.13. The topological polar surface area (TPSA) is 91.4 Å². The monoisotopic (exact) mass is 616 g/mol. The third-order valence-corrected chi connectivity index (χ3v) is 8.69. The summed E-state index contributed by atoms with van der Waals surface area (Å²) in [6.07, 6.45) is 2.37. The first-order valence-electron chi connectivity index (χ1n) is 15.5. The van der Waals surface area contributed by atoms with E-state index in [4.69, 9.17) is 32.8 Å². The van der Waals surface area contributed by atoms with Gasteiger partial charge in [0.25, 0.3) is 0 Å². The molecule has 2 heterocycles. The highest BCUT2D eigenvalue weighted by molar-refractivity contribution is 6.26. The molecule has 2 radical (unpaired) electrons. The maximum absolute atomic E-state index is 9.23. The van der Waals surface area contributed by atoms with Crippen molar-refractivity contribution < 1.29 is 38.0 Å². The van der Waals surface area contributed by atoms with Gasteiger partial charge in [0, 0.05) is 37.2 Å². The molecule has 0 bridgehead atoms. The maximum atomic E-state index is 9.23. The van der Waals surface area contributed by atoms with Crippen LogP contribution in [0.5, 0.6) is 23.0 Å². The van der Waals surface area contributed by atoms with Crippen molar-refractivity contribution in [2.24, 2.45) is 0 Å². The van der Waals surface area contributed by atoms with Crippen molar-refractivity contribution in [2.75, 3.05) is 52.9 Å². The molecule has 44 heavy (non-hydrogen) atoms. The Kier molecular flexibility index (Phi) is 10.5. The molecule has 2 aliphatic heterocycles. The van der Waals surface area contributed by atoms with E-state index >= 15 is 0 Å². The van der Waals surface area contributed by atoms with Gasteiger partial charge in [-0.3, -0.25) is 0 Å². The van der Waals surface area contributed by atoms with Gasteiger partial charge < -0.3 is 38.0 Å². The molecule has 6 rings (SSSR count). The van der Waals surface area contributed by atoms with Crippen molar-refractivity contribution >= 4 is 31.3 Å². The number of hydrogen-bond donors (Lipinski definition) is 1. The summed E-state index contributed by atoms with van der Waals surface area (Å²) in [5.41, 5.74) is 2.12. The highest BCUT2D eigenvalue weighted by atomic mass is 28.2. The van der Waals surface area contributed by atoms with Crippen LogP contribution in [0.4, 0.5) is 0 Å². The molecule has 0 saturated carbocycles. The van der Waals surface area contributed by atoms with Crippen LogP contribution < -0.4 is 18.9 Å². The van der Waals surface area contributed by atoms with Crippen LogP contribution in [0.15, 0.2) is 60.7 Å². The van der Waals surface area contributed by atoms with Crippen molar-refractivity contribution in [3.05, 3.63) is 71.8 Å². The van der Waals surface area contributed by atoms with Crippen molar-refractivity contribution in [3.8, 4) is 23.0 Å². The molecule has 4 aromatic carbocycles. The molecule has 0 aliphatic carbocycles. The molecule has 8 nitrogen and oxygen atoms in total. The van der Waals surface area contributed by atoms with Crippen LogP contribution in [-0.2, 0) is 20.3 Å². The Bertz CT molecular complexity index is 1530. The number of fused-ring (bicyclic) bond motifs is 2. The maximum Gasteiger partial charge on any atom is 0.229 e. The zero-order valence-corrected chi connectivity index (χ0v) is 26.2. The minimum Gasteiger partial charge on any atom is -0.494 e. The number of benzene rings is 4. The molecule has 1 N–H and O–H groups in total. The summed E-state index contributed by atoms with van der Waals surface area (Å²) in [6.45, 7) is 6.42. The van der Waals surface area contributed by atoms with Gasteiger partial charge >= 0.3 is 0 Å². The van der Waals surface area contributed by atoms with E-state index in [1.807, 2.05) is 25.1 Å². The second-order valence-corrected chi connectivity index (χ2v) is 12.1. The van der Waals surface area contributed by atoms with Gasteiger partial charge in [-0.05, 0) is 77.3 Å². The summed E-state index contributed by atoms with van der Waals surface area (Å²) >= 11 is 0. The van der Waals surface area contributed by atoms with Crippen molar-refractivity contribution in [1.29, 1.82) is 0 Å². The molecular formula is C35H40O8Si. The summed E-state index contributed by atoms with van der Waals surface area (Å²) in [7, 11) is 0.511. The summed E-state index contributed by atoms with van der Waals surface area (Å²) in [5.74, 6) is 3.24. The zero-order chi connectivity index (χ0) is 30.1. The van der Waals surface area contributed by atoms with Crippen LogP contribution in [-0.4, -0.2) is 79.9 Å². The number of aliphatic hydroxyl groups is 1. The second-order valence-electron chi connectivity index (χ2n) is 11.0. The molecule has 0 aromatic heterocycles. The predicted molar refractivity (Wildman–Crippen MR) is 171 cm³/mol. The Morgan fingerprint density at radius 2 is 1.25 bits per heavy atom. The predicted octanol–water partition coefficient (Wildman–Crippen LogP) is 5.74. The van der Waals surface area contributed by atoms with E-state index in [1.165, 1.54) is 0 Å². The number of epoxide rings is 2. The fourth-order valence-corrected chi connectivity index (χ4v) is 5.77. The van der Waals surface area contributed by atoms with Crippen LogP contribution in [0.2, 0.25) is 6.04 Å². The van der Waals surface area contributed by atoms with Gasteiger partial charge in [0.1, 0.15) is 48.4 Å². The highest BCUT2D eigenvalue weighted by Gasteiger charge is 2.26. The van der Waals surface area contributed by atoms with Gasteiger partial charge in [-0.1, -0.05) is 24.3 Å². The summed E-state index contributed by atoms with van der Waals surface area (Å²) in [4.78, 5) is 0. The molecule has 0 spiro atoms. The molecule has 2 saturated heterocycles. The summed E-state index contributed by atoms with van der Waals surface area (Å²) in [6, 6.07) is 21.7. The van der Waals surface area contributed by atoms with Gasteiger partial charge in [-0.15, -0.1) is 0 Å². The second kappa shape index (κ2) is 15.1. The minimum atomic E-state index is 0.0924.